The third kappa shape index (κ3) is 4.78. The SMILES string of the molecule is O=C1COc2ccccc2CCCCC2(CCCN(C(=O)c3cncs3)C2)CN1. The fourth-order valence-electron chi connectivity index (χ4n) is 4.44. The van der Waals surface area contributed by atoms with Gasteiger partial charge in [0.2, 0.25) is 0 Å². The van der Waals surface area contributed by atoms with Crippen molar-refractivity contribution in [1.82, 2.24) is 15.2 Å². The van der Waals surface area contributed by atoms with Crippen LogP contribution in [-0.4, -0.2) is 47.9 Å². The van der Waals surface area contributed by atoms with Gasteiger partial charge in [-0.25, -0.2) is 0 Å². The summed E-state index contributed by atoms with van der Waals surface area (Å²) < 4.78 is 5.77. The molecule has 1 saturated heterocycles. The number of hydrogen-bond donors (Lipinski definition) is 1. The van der Waals surface area contributed by atoms with Crippen LogP contribution in [0.15, 0.2) is 36.0 Å². The molecule has 1 spiro atoms. The largest absolute Gasteiger partial charge is 0.483 e. The summed E-state index contributed by atoms with van der Waals surface area (Å²) in [4.78, 5) is 31.9. The zero-order valence-electron chi connectivity index (χ0n) is 16.6. The fourth-order valence-corrected chi connectivity index (χ4v) is 5.03. The van der Waals surface area contributed by atoms with Gasteiger partial charge >= 0.3 is 0 Å². The van der Waals surface area contributed by atoms with Crippen LogP contribution in [0.4, 0.5) is 0 Å². The highest BCUT2D eigenvalue weighted by Gasteiger charge is 2.37. The number of para-hydroxylation sites is 1. The lowest BCUT2D eigenvalue weighted by Crippen LogP contribution is -2.51. The number of nitrogens with zero attached hydrogens (tertiary/aromatic N) is 2. The number of hydrogen-bond acceptors (Lipinski definition) is 5. The summed E-state index contributed by atoms with van der Waals surface area (Å²) in [5.41, 5.74) is 2.77. The molecular weight excluding hydrogens is 386 g/mol. The monoisotopic (exact) mass is 413 g/mol. The molecule has 1 atom stereocenters. The number of likely N-dealkylation sites (tertiary alicyclic amines) is 1. The van der Waals surface area contributed by atoms with Gasteiger partial charge in [0.1, 0.15) is 10.6 Å². The van der Waals surface area contributed by atoms with Crippen molar-refractivity contribution >= 4 is 23.2 Å². The number of fused-ring (bicyclic) bond motifs is 1. The quantitative estimate of drug-likeness (QED) is 0.779. The molecule has 3 heterocycles. The van der Waals surface area contributed by atoms with E-state index in [4.69, 9.17) is 4.74 Å². The molecule has 7 heteroatoms. The first-order chi connectivity index (χ1) is 14.2. The molecule has 0 saturated carbocycles. The Morgan fingerprint density at radius 1 is 1.21 bits per heavy atom. The highest BCUT2D eigenvalue weighted by atomic mass is 32.1. The topological polar surface area (TPSA) is 71.5 Å². The van der Waals surface area contributed by atoms with Gasteiger partial charge in [-0.1, -0.05) is 24.6 Å². The van der Waals surface area contributed by atoms with Crippen LogP contribution < -0.4 is 10.1 Å². The predicted octanol–water partition coefficient (Wildman–Crippen LogP) is 3.29. The molecule has 29 heavy (non-hydrogen) atoms. The zero-order valence-corrected chi connectivity index (χ0v) is 17.4. The van der Waals surface area contributed by atoms with Crippen LogP contribution in [0, 0.1) is 5.41 Å². The Balaban J connectivity index is 1.48. The molecule has 2 aliphatic rings. The van der Waals surface area contributed by atoms with Crippen LogP contribution in [0.25, 0.3) is 0 Å². The molecule has 1 aromatic heterocycles. The average Bonchev–Trinajstić information content (AvgIpc) is 3.28. The van der Waals surface area contributed by atoms with E-state index in [2.05, 4.69) is 16.4 Å². The first-order valence-corrected chi connectivity index (χ1v) is 11.2. The van der Waals surface area contributed by atoms with Crippen LogP contribution in [0.3, 0.4) is 0 Å². The van der Waals surface area contributed by atoms with Gasteiger partial charge in [0.15, 0.2) is 6.61 Å². The smallest absolute Gasteiger partial charge is 0.265 e. The third-order valence-corrected chi connectivity index (χ3v) is 6.75. The molecule has 2 aromatic rings. The maximum Gasteiger partial charge on any atom is 0.265 e. The van der Waals surface area contributed by atoms with Crippen molar-refractivity contribution in [3.63, 3.8) is 0 Å². The number of piperidine rings is 1. The van der Waals surface area contributed by atoms with Crippen LogP contribution >= 0.6 is 11.3 Å². The minimum atomic E-state index is -0.106. The van der Waals surface area contributed by atoms with Crippen molar-refractivity contribution in [1.29, 1.82) is 0 Å². The number of rotatable bonds is 1. The maximum atomic E-state index is 12.9. The van der Waals surface area contributed by atoms with Gasteiger partial charge in [0, 0.05) is 25.0 Å². The van der Waals surface area contributed by atoms with Gasteiger partial charge in [-0.15, -0.1) is 11.3 Å². The normalized spacial score (nSPS) is 23.3. The fraction of sp³-hybridized carbons (Fsp3) is 0.500. The Labute approximate surface area is 175 Å². The van der Waals surface area contributed by atoms with Crippen LogP contribution in [0.1, 0.15) is 47.3 Å². The number of nitrogens with one attached hydrogen (secondary N) is 1. The summed E-state index contributed by atoms with van der Waals surface area (Å²) in [5.74, 6) is 0.754. The zero-order chi connectivity index (χ0) is 20.1. The van der Waals surface area contributed by atoms with Crippen molar-refractivity contribution in [2.75, 3.05) is 26.2 Å². The van der Waals surface area contributed by atoms with Gasteiger partial charge in [-0.05, 0) is 43.7 Å². The van der Waals surface area contributed by atoms with Gasteiger partial charge in [0.05, 0.1) is 11.7 Å². The number of amides is 2. The van der Waals surface area contributed by atoms with Crippen molar-refractivity contribution < 1.29 is 14.3 Å². The van der Waals surface area contributed by atoms with Crippen molar-refractivity contribution in [3.8, 4) is 5.75 Å². The first kappa shape index (κ1) is 19.9. The lowest BCUT2D eigenvalue weighted by Gasteiger charge is -2.43. The van der Waals surface area contributed by atoms with E-state index in [0.717, 1.165) is 56.4 Å². The summed E-state index contributed by atoms with van der Waals surface area (Å²) in [6.07, 6.45) is 7.70. The average molecular weight is 414 g/mol. The number of carbonyl (C=O) groups is 2. The Kier molecular flexibility index (Phi) is 6.13. The number of aryl methyl sites for hydroxylation is 1. The van der Waals surface area contributed by atoms with Crippen molar-refractivity contribution in [2.24, 2.45) is 5.41 Å². The number of thiazole rings is 1. The summed E-state index contributed by atoms with van der Waals surface area (Å²) >= 11 is 1.38. The number of carbonyl (C=O) groups excluding carboxylic acids is 2. The summed E-state index contributed by atoms with van der Waals surface area (Å²) in [6.45, 7) is 2.06. The minimum Gasteiger partial charge on any atom is -0.483 e. The molecule has 0 aliphatic carbocycles. The van der Waals surface area contributed by atoms with Crippen LogP contribution in [-0.2, 0) is 11.2 Å². The molecule has 1 aromatic carbocycles. The molecule has 1 fully saturated rings. The van der Waals surface area contributed by atoms with Crippen molar-refractivity contribution in [3.05, 3.63) is 46.4 Å². The minimum absolute atomic E-state index is 0.0244. The molecule has 1 N–H and O–H groups in total. The third-order valence-electron chi connectivity index (χ3n) is 5.99. The lowest BCUT2D eigenvalue weighted by atomic mass is 9.75. The number of aromatic nitrogens is 1. The Hall–Kier alpha value is -2.41. The molecule has 2 amide bonds. The predicted molar refractivity (Wildman–Crippen MR) is 112 cm³/mol. The van der Waals surface area contributed by atoms with Gasteiger partial charge in [-0.2, -0.15) is 0 Å². The molecule has 0 bridgehead atoms. The molecule has 154 valence electrons. The van der Waals surface area contributed by atoms with Crippen LogP contribution in [0.2, 0.25) is 0 Å². The highest BCUT2D eigenvalue weighted by molar-refractivity contribution is 7.11. The molecule has 2 aliphatic heterocycles. The summed E-state index contributed by atoms with van der Waals surface area (Å²) in [5, 5.41) is 3.07. The second kappa shape index (κ2) is 8.95. The highest BCUT2D eigenvalue weighted by Crippen LogP contribution is 2.36. The first-order valence-electron chi connectivity index (χ1n) is 10.3. The summed E-state index contributed by atoms with van der Waals surface area (Å²) in [6, 6.07) is 7.96. The summed E-state index contributed by atoms with van der Waals surface area (Å²) in [7, 11) is 0. The molecule has 1 unspecified atom stereocenters. The van der Waals surface area contributed by atoms with E-state index in [1.165, 1.54) is 11.3 Å². The Morgan fingerprint density at radius 3 is 2.93 bits per heavy atom. The van der Waals surface area contributed by atoms with E-state index in [1.54, 1.807) is 11.7 Å². The van der Waals surface area contributed by atoms with Gasteiger partial charge in [-0.3, -0.25) is 14.6 Å². The van der Waals surface area contributed by atoms with E-state index in [9.17, 15) is 9.59 Å². The standard InChI is InChI=1S/C22H27N3O3S/c26-20-13-28-18-8-2-1-6-17(18)7-3-4-9-22(14-24-20)10-5-11-25(15-22)21(27)19-12-23-16-29-19/h1-2,6,8,12,16H,3-5,7,9-11,13-15H2,(H,24,26). The maximum absolute atomic E-state index is 12.9. The lowest BCUT2D eigenvalue weighted by molar-refractivity contribution is -0.123. The van der Waals surface area contributed by atoms with E-state index >= 15 is 0 Å². The Bertz CT molecular complexity index is 855. The molecule has 4 rings (SSSR count). The number of benzene rings is 1. The van der Waals surface area contributed by atoms with Crippen molar-refractivity contribution in [2.45, 2.75) is 38.5 Å². The van der Waals surface area contributed by atoms with E-state index in [0.29, 0.717) is 18.0 Å². The molecule has 6 nitrogen and oxygen atoms in total. The number of ether oxygens (including phenoxy) is 1. The van der Waals surface area contributed by atoms with Crippen LogP contribution in [0.5, 0.6) is 5.75 Å². The van der Waals surface area contributed by atoms with Gasteiger partial charge < -0.3 is 15.0 Å². The molecular formula is C22H27N3O3S. The molecule has 0 radical (unpaired) electrons. The second-order valence-electron chi connectivity index (χ2n) is 8.08. The Morgan fingerprint density at radius 2 is 2.07 bits per heavy atom. The van der Waals surface area contributed by atoms with E-state index in [-0.39, 0.29) is 23.8 Å². The van der Waals surface area contributed by atoms with E-state index < -0.39 is 0 Å². The van der Waals surface area contributed by atoms with Gasteiger partial charge in [0.25, 0.3) is 11.8 Å². The van der Waals surface area contributed by atoms with E-state index in [1.807, 2.05) is 23.1 Å². The second-order valence-corrected chi connectivity index (χ2v) is 8.96.